The average Bonchev–Trinajstić information content (AvgIpc) is 3.40. The van der Waals surface area contributed by atoms with Gasteiger partial charge in [-0.25, -0.2) is 9.67 Å². The van der Waals surface area contributed by atoms with Gasteiger partial charge in [0.1, 0.15) is 17.4 Å². The molecule has 1 aromatic carbocycles. The zero-order chi connectivity index (χ0) is 17.8. The molecular weight excluding hydrogens is 390 g/mol. The number of tetrazole rings is 1. The summed E-state index contributed by atoms with van der Waals surface area (Å²) < 4.78 is 7.72. The van der Waals surface area contributed by atoms with E-state index in [1.165, 1.54) is 25.7 Å². The first-order chi connectivity index (χ1) is 12.8. The molecule has 0 N–H and O–H groups in total. The Bertz CT molecular complexity index is 845. The van der Waals surface area contributed by atoms with E-state index in [4.69, 9.17) is 16.3 Å². The maximum atomic E-state index is 5.88. The zero-order valence-corrected chi connectivity index (χ0v) is 16.4. The van der Waals surface area contributed by atoms with Crippen molar-refractivity contribution in [3.63, 3.8) is 0 Å². The molecule has 0 atom stereocenters. The molecule has 6 nitrogen and oxygen atoms in total. The Balaban J connectivity index is 1.31. The van der Waals surface area contributed by atoms with Crippen molar-refractivity contribution < 1.29 is 4.74 Å². The van der Waals surface area contributed by atoms with Crippen molar-refractivity contribution in [3.05, 3.63) is 45.4 Å². The van der Waals surface area contributed by atoms with Gasteiger partial charge in [-0.2, -0.15) is 0 Å². The van der Waals surface area contributed by atoms with Crippen LogP contribution in [0.3, 0.4) is 0 Å². The first-order valence-corrected chi connectivity index (χ1v) is 10.7. The molecule has 26 heavy (non-hydrogen) atoms. The van der Waals surface area contributed by atoms with E-state index in [2.05, 4.69) is 25.9 Å². The van der Waals surface area contributed by atoms with Crippen LogP contribution in [0.1, 0.15) is 42.4 Å². The lowest BCUT2D eigenvalue weighted by Crippen LogP contribution is -2.08. The zero-order valence-electron chi connectivity index (χ0n) is 14.0. The van der Waals surface area contributed by atoms with Crippen molar-refractivity contribution in [2.24, 2.45) is 0 Å². The molecule has 136 valence electrons. The highest BCUT2D eigenvalue weighted by molar-refractivity contribution is 7.98. The fourth-order valence-corrected chi connectivity index (χ4v) is 4.73. The van der Waals surface area contributed by atoms with Gasteiger partial charge in [-0.3, -0.25) is 0 Å². The molecule has 1 aliphatic carbocycles. The van der Waals surface area contributed by atoms with Crippen molar-refractivity contribution in [2.45, 2.75) is 49.2 Å². The predicted octanol–water partition coefficient (Wildman–Crippen LogP) is 4.77. The van der Waals surface area contributed by atoms with Crippen molar-refractivity contribution in [2.75, 3.05) is 0 Å². The fraction of sp³-hybridized carbons (Fsp3) is 0.412. The Morgan fingerprint density at radius 2 is 2.04 bits per heavy atom. The lowest BCUT2D eigenvalue weighted by Gasteiger charge is -2.10. The van der Waals surface area contributed by atoms with Gasteiger partial charge in [0, 0.05) is 16.2 Å². The molecule has 1 fully saturated rings. The highest BCUT2D eigenvalue weighted by atomic mass is 35.5. The Kier molecular flexibility index (Phi) is 5.72. The molecule has 2 heterocycles. The molecule has 1 aliphatic rings. The van der Waals surface area contributed by atoms with Gasteiger partial charge >= 0.3 is 0 Å². The Morgan fingerprint density at radius 3 is 2.85 bits per heavy atom. The number of benzene rings is 1. The highest BCUT2D eigenvalue weighted by Gasteiger charge is 2.21. The van der Waals surface area contributed by atoms with Crippen LogP contribution in [0.5, 0.6) is 5.75 Å². The summed E-state index contributed by atoms with van der Waals surface area (Å²) in [5.41, 5.74) is 1.02. The number of nitrogens with zero attached hydrogens (tertiary/aromatic N) is 5. The smallest absolute Gasteiger partial charge is 0.209 e. The van der Waals surface area contributed by atoms with Gasteiger partial charge in [0.25, 0.3) is 0 Å². The number of hydrogen-bond acceptors (Lipinski definition) is 7. The summed E-state index contributed by atoms with van der Waals surface area (Å²) in [4.78, 5) is 4.64. The average molecular weight is 408 g/mol. The number of ether oxygens (including phenoxy) is 1. The molecule has 0 spiro atoms. The maximum absolute atomic E-state index is 5.88. The van der Waals surface area contributed by atoms with Crippen LogP contribution in [0.2, 0.25) is 5.02 Å². The SMILES string of the molecule is Clc1ccc(OCc2nc(CSc3nnnn3C3CCCC3)cs2)cc1. The van der Waals surface area contributed by atoms with Crippen LogP contribution in [0.25, 0.3) is 0 Å². The molecule has 4 rings (SSSR count). The lowest BCUT2D eigenvalue weighted by molar-refractivity contribution is 0.305. The van der Waals surface area contributed by atoms with Gasteiger partial charge in [-0.1, -0.05) is 36.2 Å². The Hall–Kier alpha value is -1.64. The largest absolute Gasteiger partial charge is 0.486 e. The minimum Gasteiger partial charge on any atom is -0.486 e. The molecule has 2 aromatic heterocycles. The van der Waals surface area contributed by atoms with Gasteiger partial charge in [0.15, 0.2) is 0 Å². The summed E-state index contributed by atoms with van der Waals surface area (Å²) >= 11 is 9.12. The third kappa shape index (κ3) is 4.36. The molecule has 9 heteroatoms. The van der Waals surface area contributed by atoms with Crippen molar-refractivity contribution in [3.8, 4) is 5.75 Å². The molecule has 0 unspecified atom stereocenters. The van der Waals surface area contributed by atoms with Crippen LogP contribution in [0, 0.1) is 0 Å². The van der Waals surface area contributed by atoms with E-state index >= 15 is 0 Å². The number of hydrogen-bond donors (Lipinski definition) is 0. The van der Waals surface area contributed by atoms with Crippen molar-refractivity contribution in [1.82, 2.24) is 25.2 Å². The monoisotopic (exact) mass is 407 g/mol. The van der Waals surface area contributed by atoms with Crippen molar-refractivity contribution in [1.29, 1.82) is 0 Å². The summed E-state index contributed by atoms with van der Waals surface area (Å²) in [6.07, 6.45) is 4.86. The van der Waals surface area contributed by atoms with Crippen molar-refractivity contribution >= 4 is 34.7 Å². The van der Waals surface area contributed by atoms with E-state index in [1.54, 1.807) is 23.1 Å². The van der Waals surface area contributed by atoms with E-state index < -0.39 is 0 Å². The molecule has 0 amide bonds. The minimum atomic E-state index is 0.450. The van der Waals surface area contributed by atoms with Gasteiger partial charge in [-0.15, -0.1) is 16.4 Å². The number of rotatable bonds is 7. The fourth-order valence-electron chi connectivity index (χ4n) is 2.95. The predicted molar refractivity (Wildman–Crippen MR) is 103 cm³/mol. The first-order valence-electron chi connectivity index (χ1n) is 8.50. The summed E-state index contributed by atoms with van der Waals surface area (Å²) in [6, 6.07) is 7.79. The molecular formula is C17H18ClN5OS2. The Morgan fingerprint density at radius 1 is 1.23 bits per heavy atom. The summed E-state index contributed by atoms with van der Waals surface area (Å²) in [5, 5.41) is 16.8. The van der Waals surface area contributed by atoms with Crippen LogP contribution >= 0.6 is 34.7 Å². The number of thioether (sulfide) groups is 1. The third-order valence-electron chi connectivity index (χ3n) is 4.26. The topological polar surface area (TPSA) is 65.7 Å². The van der Waals surface area contributed by atoms with Crippen LogP contribution in [-0.2, 0) is 12.4 Å². The van der Waals surface area contributed by atoms with E-state index in [-0.39, 0.29) is 0 Å². The lowest BCUT2D eigenvalue weighted by atomic mass is 10.3. The molecule has 1 saturated carbocycles. The van der Waals surface area contributed by atoms with E-state index in [1.807, 2.05) is 28.9 Å². The molecule has 3 aromatic rings. The third-order valence-corrected chi connectivity index (χ3v) is 6.35. The first kappa shape index (κ1) is 17.8. The number of halogens is 1. The summed E-state index contributed by atoms with van der Waals surface area (Å²) in [7, 11) is 0. The summed E-state index contributed by atoms with van der Waals surface area (Å²) in [5.74, 6) is 1.54. The van der Waals surface area contributed by atoms with Gasteiger partial charge in [0.05, 0.1) is 11.7 Å². The number of thiazole rings is 1. The standard InChI is InChI=1S/C17H18ClN5OS2/c18-12-5-7-15(8-6-12)24-9-16-19-13(10-25-16)11-26-17-20-21-22-23(17)14-3-1-2-4-14/h5-8,10,14H,1-4,9,11H2. The number of aromatic nitrogens is 5. The molecule has 0 radical (unpaired) electrons. The highest BCUT2D eigenvalue weighted by Crippen LogP contribution is 2.32. The van der Waals surface area contributed by atoms with Gasteiger partial charge in [-0.05, 0) is 47.5 Å². The maximum Gasteiger partial charge on any atom is 0.209 e. The molecule has 0 bridgehead atoms. The van der Waals surface area contributed by atoms with Crippen LogP contribution in [-0.4, -0.2) is 25.2 Å². The second kappa shape index (κ2) is 8.37. The van der Waals surface area contributed by atoms with E-state index in [0.717, 1.165) is 27.4 Å². The second-order valence-corrected chi connectivity index (χ2v) is 8.43. The van der Waals surface area contributed by atoms with Crippen LogP contribution in [0.15, 0.2) is 34.8 Å². The second-order valence-electron chi connectivity index (χ2n) is 6.11. The minimum absolute atomic E-state index is 0.450. The van der Waals surface area contributed by atoms with Gasteiger partial charge < -0.3 is 4.74 Å². The summed E-state index contributed by atoms with van der Waals surface area (Å²) in [6.45, 7) is 0.455. The molecule has 0 aliphatic heterocycles. The van der Waals surface area contributed by atoms with E-state index in [9.17, 15) is 0 Å². The van der Waals surface area contributed by atoms with Gasteiger partial charge in [0.2, 0.25) is 5.16 Å². The normalized spacial score (nSPS) is 14.8. The van der Waals surface area contributed by atoms with E-state index in [0.29, 0.717) is 17.7 Å². The van der Waals surface area contributed by atoms with Crippen LogP contribution in [0.4, 0.5) is 0 Å². The Labute approximate surface area is 164 Å². The van der Waals surface area contributed by atoms with Crippen LogP contribution < -0.4 is 4.74 Å². The molecule has 0 saturated heterocycles. The quantitative estimate of drug-likeness (QED) is 0.525.